The van der Waals surface area contributed by atoms with Gasteiger partial charge in [-0.3, -0.25) is 24.4 Å². The van der Waals surface area contributed by atoms with Crippen molar-refractivity contribution >= 4 is 33.4 Å². The number of amides is 3. The van der Waals surface area contributed by atoms with Gasteiger partial charge in [-0.05, 0) is 50.2 Å². The Bertz CT molecular complexity index is 1070. The van der Waals surface area contributed by atoms with E-state index in [2.05, 4.69) is 10.0 Å². The molecule has 0 aromatic heterocycles. The Morgan fingerprint density at radius 2 is 1.68 bits per heavy atom. The van der Waals surface area contributed by atoms with Crippen molar-refractivity contribution in [2.45, 2.75) is 18.7 Å². The molecule has 0 bridgehead atoms. The van der Waals surface area contributed by atoms with Crippen LogP contribution in [0.4, 0.5) is 5.69 Å². The van der Waals surface area contributed by atoms with Crippen LogP contribution in [0.2, 0.25) is 0 Å². The first-order chi connectivity index (χ1) is 13.3. The summed E-state index contributed by atoms with van der Waals surface area (Å²) in [5.74, 6) is -1.39. The van der Waals surface area contributed by atoms with Crippen LogP contribution in [0.1, 0.15) is 44.9 Å². The summed E-state index contributed by atoms with van der Waals surface area (Å²) in [4.78, 5) is 37.3. The molecule has 0 aliphatic carbocycles. The average molecular weight is 401 g/mol. The highest BCUT2D eigenvalue weighted by Gasteiger charge is 2.28. The zero-order chi connectivity index (χ0) is 20.5. The molecule has 0 atom stereocenters. The number of hydrogen-bond donors (Lipinski definition) is 2. The number of benzene rings is 2. The van der Waals surface area contributed by atoms with E-state index >= 15 is 0 Å². The summed E-state index contributed by atoms with van der Waals surface area (Å²) in [6, 6.07) is 9.90. The molecule has 0 saturated carbocycles. The van der Waals surface area contributed by atoms with Gasteiger partial charge in [0, 0.05) is 24.3 Å². The maximum absolute atomic E-state index is 12.7. The van der Waals surface area contributed by atoms with Crippen LogP contribution in [-0.4, -0.2) is 44.1 Å². The normalized spacial score (nSPS) is 13.1. The Balaban J connectivity index is 1.89. The van der Waals surface area contributed by atoms with Crippen molar-refractivity contribution < 1.29 is 22.8 Å². The molecule has 0 fully saturated rings. The number of nitrogens with one attached hydrogen (secondary N) is 2. The SMILES string of the molecule is CCN(CC)C(=O)c1cccc(NS(=O)(=O)c2ccc3c(c2)C(=O)NC3=O)c1. The van der Waals surface area contributed by atoms with Gasteiger partial charge < -0.3 is 4.90 Å². The highest BCUT2D eigenvalue weighted by Crippen LogP contribution is 2.23. The predicted octanol–water partition coefficient (Wildman–Crippen LogP) is 1.85. The molecular formula is C19H19N3O5S. The molecule has 0 saturated heterocycles. The van der Waals surface area contributed by atoms with Crippen LogP contribution in [0.5, 0.6) is 0 Å². The molecule has 146 valence electrons. The molecule has 1 heterocycles. The summed E-state index contributed by atoms with van der Waals surface area (Å²) in [5.41, 5.74) is 0.732. The minimum Gasteiger partial charge on any atom is -0.339 e. The van der Waals surface area contributed by atoms with E-state index in [1.54, 1.807) is 17.0 Å². The van der Waals surface area contributed by atoms with Gasteiger partial charge in [0.15, 0.2) is 0 Å². The quantitative estimate of drug-likeness (QED) is 0.718. The van der Waals surface area contributed by atoms with Gasteiger partial charge in [-0.25, -0.2) is 8.42 Å². The topological polar surface area (TPSA) is 113 Å². The first-order valence-electron chi connectivity index (χ1n) is 8.68. The summed E-state index contributed by atoms with van der Waals surface area (Å²) in [6.07, 6.45) is 0. The van der Waals surface area contributed by atoms with Crippen LogP contribution in [-0.2, 0) is 10.0 Å². The smallest absolute Gasteiger partial charge is 0.261 e. The van der Waals surface area contributed by atoms with Gasteiger partial charge in [-0.15, -0.1) is 0 Å². The van der Waals surface area contributed by atoms with Crippen molar-refractivity contribution in [3.63, 3.8) is 0 Å². The van der Waals surface area contributed by atoms with Crippen molar-refractivity contribution in [3.05, 3.63) is 59.2 Å². The van der Waals surface area contributed by atoms with Crippen molar-refractivity contribution in [1.82, 2.24) is 10.2 Å². The molecule has 1 aliphatic heterocycles. The number of hydrogen-bond acceptors (Lipinski definition) is 5. The van der Waals surface area contributed by atoms with Crippen molar-refractivity contribution in [3.8, 4) is 0 Å². The van der Waals surface area contributed by atoms with Crippen LogP contribution >= 0.6 is 0 Å². The largest absolute Gasteiger partial charge is 0.339 e. The molecule has 3 rings (SSSR count). The van der Waals surface area contributed by atoms with E-state index in [1.165, 1.54) is 24.3 Å². The van der Waals surface area contributed by atoms with E-state index in [9.17, 15) is 22.8 Å². The second-order valence-corrected chi connectivity index (χ2v) is 7.84. The van der Waals surface area contributed by atoms with Gasteiger partial charge in [-0.2, -0.15) is 0 Å². The molecule has 0 spiro atoms. The van der Waals surface area contributed by atoms with Crippen molar-refractivity contribution in [2.24, 2.45) is 0 Å². The molecule has 8 nitrogen and oxygen atoms in total. The van der Waals surface area contributed by atoms with E-state index in [1.807, 2.05) is 13.8 Å². The summed E-state index contributed by atoms with van der Waals surface area (Å²) in [5, 5.41) is 2.12. The summed E-state index contributed by atoms with van der Waals surface area (Å²) >= 11 is 0. The van der Waals surface area contributed by atoms with Gasteiger partial charge >= 0.3 is 0 Å². The fourth-order valence-corrected chi connectivity index (χ4v) is 4.01. The van der Waals surface area contributed by atoms with E-state index < -0.39 is 21.8 Å². The van der Waals surface area contributed by atoms with Gasteiger partial charge in [0.2, 0.25) is 0 Å². The minimum atomic E-state index is -4.02. The van der Waals surface area contributed by atoms with Crippen molar-refractivity contribution in [1.29, 1.82) is 0 Å². The molecular weight excluding hydrogens is 382 g/mol. The zero-order valence-electron chi connectivity index (χ0n) is 15.4. The molecule has 3 amide bonds. The molecule has 2 aromatic carbocycles. The summed E-state index contributed by atoms with van der Waals surface area (Å²) < 4.78 is 27.8. The summed E-state index contributed by atoms with van der Waals surface area (Å²) in [7, 11) is -4.02. The van der Waals surface area contributed by atoms with Crippen molar-refractivity contribution in [2.75, 3.05) is 17.8 Å². The fourth-order valence-electron chi connectivity index (χ4n) is 2.94. The first kappa shape index (κ1) is 19.6. The van der Waals surface area contributed by atoms with E-state index in [0.717, 1.165) is 6.07 Å². The zero-order valence-corrected chi connectivity index (χ0v) is 16.2. The van der Waals surface area contributed by atoms with E-state index in [-0.39, 0.29) is 27.6 Å². The summed E-state index contributed by atoms with van der Waals surface area (Å²) in [6.45, 7) is 4.81. The number of carbonyl (C=O) groups excluding carboxylic acids is 3. The number of fused-ring (bicyclic) bond motifs is 1. The number of sulfonamides is 1. The highest BCUT2D eigenvalue weighted by atomic mass is 32.2. The lowest BCUT2D eigenvalue weighted by Gasteiger charge is -2.19. The monoisotopic (exact) mass is 401 g/mol. The Morgan fingerprint density at radius 3 is 2.36 bits per heavy atom. The van der Waals surface area contributed by atoms with Gasteiger partial charge in [0.25, 0.3) is 27.7 Å². The lowest BCUT2D eigenvalue weighted by atomic mass is 10.1. The number of imide groups is 1. The second-order valence-electron chi connectivity index (χ2n) is 6.15. The Morgan fingerprint density at radius 1 is 1.00 bits per heavy atom. The van der Waals surface area contributed by atoms with Gasteiger partial charge in [-0.1, -0.05) is 6.07 Å². The molecule has 2 N–H and O–H groups in total. The first-order valence-corrected chi connectivity index (χ1v) is 10.2. The van der Waals surface area contributed by atoms with E-state index in [4.69, 9.17) is 0 Å². The average Bonchev–Trinajstić information content (AvgIpc) is 2.96. The maximum Gasteiger partial charge on any atom is 0.261 e. The third kappa shape index (κ3) is 3.61. The standard InChI is InChI=1S/C19H19N3O5S/c1-3-22(4-2)19(25)12-6-5-7-13(10-12)21-28(26,27)14-8-9-15-16(11-14)18(24)20-17(15)23/h5-11,21H,3-4H2,1-2H3,(H,20,23,24). The number of nitrogens with zero attached hydrogens (tertiary/aromatic N) is 1. The Labute approximate surface area is 162 Å². The lowest BCUT2D eigenvalue weighted by Crippen LogP contribution is -2.30. The highest BCUT2D eigenvalue weighted by molar-refractivity contribution is 7.92. The number of carbonyl (C=O) groups is 3. The Kier molecular flexibility index (Phi) is 5.19. The second kappa shape index (κ2) is 7.43. The van der Waals surface area contributed by atoms with Crippen LogP contribution in [0.3, 0.4) is 0 Å². The molecule has 28 heavy (non-hydrogen) atoms. The minimum absolute atomic E-state index is 0.0123. The van der Waals surface area contributed by atoms with E-state index in [0.29, 0.717) is 18.7 Å². The van der Waals surface area contributed by atoms with Crippen LogP contribution in [0, 0.1) is 0 Å². The molecule has 2 aromatic rings. The molecule has 0 unspecified atom stereocenters. The van der Waals surface area contributed by atoms with Crippen LogP contribution in [0.25, 0.3) is 0 Å². The van der Waals surface area contributed by atoms with Gasteiger partial charge in [0.1, 0.15) is 0 Å². The fraction of sp³-hybridized carbons (Fsp3) is 0.211. The van der Waals surface area contributed by atoms with Gasteiger partial charge in [0.05, 0.1) is 16.0 Å². The third-order valence-corrected chi connectivity index (χ3v) is 5.81. The van der Waals surface area contributed by atoms with Crippen LogP contribution in [0.15, 0.2) is 47.4 Å². The number of anilines is 1. The maximum atomic E-state index is 12.7. The predicted molar refractivity (Wildman–Crippen MR) is 103 cm³/mol. The lowest BCUT2D eigenvalue weighted by molar-refractivity contribution is 0.0772. The Hall–Kier alpha value is -3.20. The molecule has 9 heteroatoms. The molecule has 1 aliphatic rings. The number of rotatable bonds is 6. The van der Waals surface area contributed by atoms with Crippen LogP contribution < -0.4 is 10.0 Å². The molecule has 0 radical (unpaired) electrons. The third-order valence-electron chi connectivity index (χ3n) is 4.43.